The van der Waals surface area contributed by atoms with E-state index in [-0.39, 0.29) is 0 Å². The quantitative estimate of drug-likeness (QED) is 0.405. The Kier molecular flexibility index (Phi) is 11.6. The van der Waals surface area contributed by atoms with Crippen LogP contribution >= 0.6 is 0 Å². The normalized spacial score (nSPS) is 13.4. The van der Waals surface area contributed by atoms with Gasteiger partial charge in [-0.3, -0.25) is 0 Å². The first-order valence-electron chi connectivity index (χ1n) is 11.0. The van der Waals surface area contributed by atoms with E-state index in [1.165, 1.54) is 43.2 Å². The summed E-state index contributed by atoms with van der Waals surface area (Å²) in [5.41, 5.74) is 2.85. The molecule has 154 valence electrons. The summed E-state index contributed by atoms with van der Waals surface area (Å²) >= 11 is 0. The molecule has 0 aliphatic carbocycles. The van der Waals surface area contributed by atoms with Crippen molar-refractivity contribution in [3.05, 3.63) is 71.8 Å². The SMILES string of the molecule is CCC[C@@H](CNC)NC[C@H](Cc1ccccc1)NCCCCc1ccccc1. The Bertz CT molecular complexity index is 594. The Morgan fingerprint density at radius 2 is 1.43 bits per heavy atom. The Labute approximate surface area is 172 Å². The van der Waals surface area contributed by atoms with Gasteiger partial charge in [-0.2, -0.15) is 0 Å². The average molecular weight is 382 g/mol. The van der Waals surface area contributed by atoms with E-state index in [0.29, 0.717) is 12.1 Å². The number of nitrogens with one attached hydrogen (secondary N) is 3. The van der Waals surface area contributed by atoms with E-state index in [1.807, 2.05) is 7.05 Å². The lowest BCUT2D eigenvalue weighted by atomic mass is 10.0. The third-order valence-corrected chi connectivity index (χ3v) is 5.23. The minimum atomic E-state index is 0.468. The van der Waals surface area contributed by atoms with E-state index in [0.717, 1.165) is 26.1 Å². The van der Waals surface area contributed by atoms with E-state index in [2.05, 4.69) is 83.5 Å². The first-order chi connectivity index (χ1) is 13.8. The molecule has 28 heavy (non-hydrogen) atoms. The van der Waals surface area contributed by atoms with Gasteiger partial charge in [0.1, 0.15) is 0 Å². The monoisotopic (exact) mass is 381 g/mol. The Hall–Kier alpha value is -1.68. The van der Waals surface area contributed by atoms with Gasteiger partial charge in [0.05, 0.1) is 0 Å². The zero-order chi connectivity index (χ0) is 19.9. The van der Waals surface area contributed by atoms with Crippen LogP contribution in [0, 0.1) is 0 Å². The summed E-state index contributed by atoms with van der Waals surface area (Å²) < 4.78 is 0. The van der Waals surface area contributed by atoms with Gasteiger partial charge in [0.15, 0.2) is 0 Å². The van der Waals surface area contributed by atoms with Crippen molar-refractivity contribution in [1.29, 1.82) is 0 Å². The second-order valence-corrected chi connectivity index (χ2v) is 7.74. The van der Waals surface area contributed by atoms with Crippen molar-refractivity contribution < 1.29 is 0 Å². The molecule has 0 spiro atoms. The second-order valence-electron chi connectivity index (χ2n) is 7.74. The first-order valence-corrected chi connectivity index (χ1v) is 11.0. The fourth-order valence-electron chi connectivity index (χ4n) is 3.70. The van der Waals surface area contributed by atoms with Crippen LogP contribution in [0.5, 0.6) is 0 Å². The summed E-state index contributed by atoms with van der Waals surface area (Å²) in [6, 6.07) is 22.7. The predicted octanol–water partition coefficient (Wildman–Crippen LogP) is 4.19. The molecule has 0 saturated heterocycles. The molecular formula is C25H39N3. The minimum Gasteiger partial charge on any atom is -0.318 e. The van der Waals surface area contributed by atoms with E-state index < -0.39 is 0 Å². The molecule has 0 heterocycles. The van der Waals surface area contributed by atoms with Crippen molar-refractivity contribution in [1.82, 2.24) is 16.0 Å². The number of hydrogen-bond donors (Lipinski definition) is 3. The van der Waals surface area contributed by atoms with Crippen molar-refractivity contribution in [3.8, 4) is 0 Å². The van der Waals surface area contributed by atoms with Gasteiger partial charge in [-0.15, -0.1) is 0 Å². The number of benzene rings is 2. The largest absolute Gasteiger partial charge is 0.318 e. The van der Waals surface area contributed by atoms with Crippen molar-refractivity contribution in [2.45, 2.75) is 57.5 Å². The van der Waals surface area contributed by atoms with Crippen LogP contribution in [0.2, 0.25) is 0 Å². The molecule has 2 aromatic carbocycles. The molecule has 0 aliphatic rings. The molecule has 0 aliphatic heterocycles. The van der Waals surface area contributed by atoms with E-state index in [1.54, 1.807) is 0 Å². The van der Waals surface area contributed by atoms with Gasteiger partial charge in [0.2, 0.25) is 0 Å². The lowest BCUT2D eigenvalue weighted by Gasteiger charge is -2.24. The number of unbranched alkanes of at least 4 members (excludes halogenated alkanes) is 1. The molecule has 0 saturated carbocycles. The Morgan fingerprint density at radius 1 is 0.750 bits per heavy atom. The van der Waals surface area contributed by atoms with Crippen molar-refractivity contribution in [2.24, 2.45) is 0 Å². The summed E-state index contributed by atoms with van der Waals surface area (Å²) in [6.45, 7) is 5.39. The zero-order valence-electron chi connectivity index (χ0n) is 17.8. The third-order valence-electron chi connectivity index (χ3n) is 5.23. The molecule has 3 heteroatoms. The van der Waals surface area contributed by atoms with Gasteiger partial charge in [-0.1, -0.05) is 74.0 Å². The molecule has 2 aromatic rings. The molecule has 2 atom stereocenters. The fraction of sp³-hybridized carbons (Fsp3) is 0.520. The highest BCUT2D eigenvalue weighted by molar-refractivity contribution is 5.16. The van der Waals surface area contributed by atoms with Crippen LogP contribution in [0.3, 0.4) is 0 Å². The summed E-state index contributed by atoms with van der Waals surface area (Å²) in [6.07, 6.45) is 7.14. The Balaban J connectivity index is 1.77. The van der Waals surface area contributed by atoms with Gasteiger partial charge < -0.3 is 16.0 Å². The van der Waals surface area contributed by atoms with Gasteiger partial charge in [-0.25, -0.2) is 0 Å². The number of aryl methyl sites for hydroxylation is 1. The number of likely N-dealkylation sites (N-methyl/N-ethyl adjacent to an activating group) is 1. The molecule has 0 radical (unpaired) electrons. The smallest absolute Gasteiger partial charge is 0.0232 e. The summed E-state index contributed by atoms with van der Waals surface area (Å²) in [7, 11) is 2.04. The van der Waals surface area contributed by atoms with Crippen LogP contribution in [0.25, 0.3) is 0 Å². The first kappa shape index (κ1) is 22.6. The topological polar surface area (TPSA) is 36.1 Å². The van der Waals surface area contributed by atoms with Crippen molar-refractivity contribution >= 4 is 0 Å². The molecule has 0 unspecified atom stereocenters. The lowest BCUT2D eigenvalue weighted by Crippen LogP contribution is -2.46. The highest BCUT2D eigenvalue weighted by atomic mass is 15.0. The molecule has 0 bridgehead atoms. The van der Waals surface area contributed by atoms with E-state index in [4.69, 9.17) is 0 Å². The minimum absolute atomic E-state index is 0.468. The van der Waals surface area contributed by atoms with Gasteiger partial charge in [-0.05, 0) is 56.8 Å². The maximum atomic E-state index is 3.81. The van der Waals surface area contributed by atoms with Crippen LogP contribution < -0.4 is 16.0 Å². The predicted molar refractivity (Wildman–Crippen MR) is 122 cm³/mol. The second kappa shape index (κ2) is 14.3. The maximum absolute atomic E-state index is 3.81. The van der Waals surface area contributed by atoms with Crippen molar-refractivity contribution in [2.75, 3.05) is 26.7 Å². The standard InChI is InChI=1S/C25H39N3/c1-3-12-24(20-26-2)28-21-25(19-23-16-8-5-9-17-23)27-18-11-10-15-22-13-6-4-7-14-22/h4-9,13-14,16-17,24-28H,3,10-12,15,18-21H2,1-2H3/t24-,25-/m0/s1. The van der Waals surface area contributed by atoms with Crippen LogP contribution in [0.4, 0.5) is 0 Å². The van der Waals surface area contributed by atoms with Crippen molar-refractivity contribution in [3.63, 3.8) is 0 Å². The highest BCUT2D eigenvalue weighted by Gasteiger charge is 2.12. The number of rotatable bonds is 15. The van der Waals surface area contributed by atoms with Crippen LogP contribution in [-0.2, 0) is 12.8 Å². The van der Waals surface area contributed by atoms with Gasteiger partial charge in [0, 0.05) is 25.2 Å². The summed E-state index contributed by atoms with van der Waals surface area (Å²) in [5.74, 6) is 0. The fourth-order valence-corrected chi connectivity index (χ4v) is 3.70. The van der Waals surface area contributed by atoms with Crippen LogP contribution in [0.1, 0.15) is 43.7 Å². The molecule has 0 amide bonds. The number of hydrogen-bond acceptors (Lipinski definition) is 3. The van der Waals surface area contributed by atoms with E-state index >= 15 is 0 Å². The average Bonchev–Trinajstić information content (AvgIpc) is 2.73. The van der Waals surface area contributed by atoms with Crippen LogP contribution in [-0.4, -0.2) is 38.8 Å². The van der Waals surface area contributed by atoms with Crippen LogP contribution in [0.15, 0.2) is 60.7 Å². The molecule has 0 aromatic heterocycles. The molecule has 3 nitrogen and oxygen atoms in total. The molecular weight excluding hydrogens is 342 g/mol. The highest BCUT2D eigenvalue weighted by Crippen LogP contribution is 2.06. The lowest BCUT2D eigenvalue weighted by molar-refractivity contribution is 0.401. The molecule has 0 fully saturated rings. The van der Waals surface area contributed by atoms with E-state index in [9.17, 15) is 0 Å². The summed E-state index contributed by atoms with van der Waals surface area (Å²) in [4.78, 5) is 0. The van der Waals surface area contributed by atoms with Gasteiger partial charge >= 0.3 is 0 Å². The molecule has 2 rings (SSSR count). The Morgan fingerprint density at radius 3 is 2.07 bits per heavy atom. The zero-order valence-corrected chi connectivity index (χ0v) is 17.8. The molecule has 3 N–H and O–H groups in total. The maximum Gasteiger partial charge on any atom is 0.0232 e. The van der Waals surface area contributed by atoms with Gasteiger partial charge in [0.25, 0.3) is 0 Å². The third kappa shape index (κ3) is 9.50. The summed E-state index contributed by atoms with van der Waals surface area (Å²) in [5, 5.41) is 10.9.